The number of esters is 1. The molecule has 3 N–H and O–H groups in total. The van der Waals surface area contributed by atoms with Crippen molar-refractivity contribution in [3.8, 4) is 0 Å². The minimum atomic E-state index is -0.662. The van der Waals surface area contributed by atoms with Gasteiger partial charge in [0.2, 0.25) is 5.91 Å². The van der Waals surface area contributed by atoms with E-state index in [1.807, 2.05) is 0 Å². The first kappa shape index (κ1) is 74.9. The number of carbonyl (C=O) groups is 2. The third-order valence-electron chi connectivity index (χ3n) is 16.9. The molecule has 0 aromatic heterocycles. The van der Waals surface area contributed by atoms with Gasteiger partial charge in [-0.2, -0.15) is 0 Å². The van der Waals surface area contributed by atoms with E-state index in [-0.39, 0.29) is 18.5 Å². The third-order valence-corrected chi connectivity index (χ3v) is 16.9. The Morgan fingerprint density at radius 1 is 0.316 bits per heavy atom. The van der Waals surface area contributed by atoms with Crippen LogP contribution in [-0.2, 0) is 14.3 Å². The molecule has 2 atom stereocenters. The van der Waals surface area contributed by atoms with Gasteiger partial charge in [0.05, 0.1) is 25.4 Å². The van der Waals surface area contributed by atoms with Crippen LogP contribution in [0.2, 0.25) is 0 Å². The Labute approximate surface area is 476 Å². The predicted octanol–water partition coefficient (Wildman–Crippen LogP) is 22.6. The van der Waals surface area contributed by atoms with E-state index in [0.29, 0.717) is 25.9 Å². The van der Waals surface area contributed by atoms with Crippen LogP contribution in [0.4, 0.5) is 0 Å². The van der Waals surface area contributed by atoms with E-state index < -0.39 is 12.1 Å². The van der Waals surface area contributed by atoms with E-state index in [0.717, 1.165) is 38.5 Å². The Morgan fingerprint density at radius 2 is 0.539 bits per heavy atom. The summed E-state index contributed by atoms with van der Waals surface area (Å²) in [6.07, 6.45) is 80.1. The van der Waals surface area contributed by atoms with E-state index >= 15 is 0 Å². The predicted molar refractivity (Wildman–Crippen MR) is 334 cm³/mol. The molecule has 0 radical (unpaired) electrons. The number of aliphatic hydroxyl groups is 2. The Hall–Kier alpha value is -1.14. The second-order valence-corrected chi connectivity index (χ2v) is 24.6. The van der Waals surface area contributed by atoms with Crippen molar-refractivity contribution in [1.29, 1.82) is 0 Å². The summed E-state index contributed by atoms with van der Waals surface area (Å²) >= 11 is 0. The first-order valence-electron chi connectivity index (χ1n) is 35.3. The summed E-state index contributed by atoms with van der Waals surface area (Å²) in [7, 11) is 0. The Balaban J connectivity index is 3.34. The summed E-state index contributed by atoms with van der Waals surface area (Å²) in [6.45, 7) is 5.00. The second kappa shape index (κ2) is 66.4. The SMILES string of the molecule is CCCCCCCCCCCCCCCCCCCCCCC(O)C(CO)NC(=O)CCCCCCCCCCCCCCCCCCCCCCCCCCCCOC(=O)CCCCCCCCCCCCCCC. The molecule has 0 rings (SSSR count). The van der Waals surface area contributed by atoms with Gasteiger partial charge in [0.15, 0.2) is 0 Å². The molecule has 0 bridgehead atoms. The molecule has 0 spiro atoms. The molecule has 76 heavy (non-hydrogen) atoms. The number of amides is 1. The molecule has 0 saturated carbocycles. The molecule has 0 fully saturated rings. The van der Waals surface area contributed by atoms with Gasteiger partial charge < -0.3 is 20.3 Å². The zero-order valence-corrected chi connectivity index (χ0v) is 52.0. The molecule has 454 valence electrons. The smallest absolute Gasteiger partial charge is 0.305 e. The van der Waals surface area contributed by atoms with Crippen LogP contribution in [0, 0.1) is 0 Å². The lowest BCUT2D eigenvalue weighted by molar-refractivity contribution is -0.143. The minimum absolute atomic E-state index is 0.0202. The maximum atomic E-state index is 12.5. The number of unbranched alkanes of at least 4 members (excludes halogenated alkanes) is 56. The monoisotopic (exact) mass is 1070 g/mol. The van der Waals surface area contributed by atoms with Crippen LogP contribution < -0.4 is 5.32 Å². The average molecular weight is 1070 g/mol. The van der Waals surface area contributed by atoms with Crippen molar-refractivity contribution in [3.05, 3.63) is 0 Å². The fourth-order valence-electron chi connectivity index (χ4n) is 11.5. The molecule has 0 aromatic rings. The third kappa shape index (κ3) is 62.1. The van der Waals surface area contributed by atoms with E-state index in [2.05, 4.69) is 19.2 Å². The van der Waals surface area contributed by atoms with E-state index in [1.165, 1.54) is 340 Å². The van der Waals surface area contributed by atoms with E-state index in [1.54, 1.807) is 0 Å². The number of hydrogen-bond acceptors (Lipinski definition) is 5. The first-order chi connectivity index (χ1) is 37.5. The molecular weight excluding hydrogens is 935 g/mol. The molecule has 0 saturated heterocycles. The van der Waals surface area contributed by atoms with Crippen molar-refractivity contribution >= 4 is 11.9 Å². The lowest BCUT2D eigenvalue weighted by Gasteiger charge is -2.22. The Morgan fingerprint density at radius 3 is 0.803 bits per heavy atom. The van der Waals surface area contributed by atoms with Crippen LogP contribution in [0.1, 0.15) is 412 Å². The van der Waals surface area contributed by atoms with Crippen molar-refractivity contribution in [2.45, 2.75) is 424 Å². The number of aliphatic hydroxyl groups excluding tert-OH is 2. The fraction of sp³-hybridized carbons (Fsp3) is 0.971. The standard InChI is InChI=1S/C70H139NO5/c1-3-5-7-9-11-13-15-17-18-19-20-29-32-35-39-42-46-50-54-58-62-68(73)67(66-72)71-69(74)63-59-55-51-47-43-40-36-33-30-27-25-23-21-22-24-26-28-31-34-37-41-45-49-53-57-61-65-76-70(75)64-60-56-52-48-44-38-16-14-12-10-8-6-4-2/h67-68,72-73H,3-66H2,1-2H3,(H,71,74). The van der Waals surface area contributed by atoms with Crippen molar-refractivity contribution in [2.75, 3.05) is 13.2 Å². The molecule has 6 nitrogen and oxygen atoms in total. The normalized spacial score (nSPS) is 12.4. The van der Waals surface area contributed by atoms with Crippen LogP contribution in [0.25, 0.3) is 0 Å². The molecule has 0 aliphatic heterocycles. The summed E-state index contributed by atoms with van der Waals surface area (Å²) in [6, 6.07) is -0.539. The van der Waals surface area contributed by atoms with Crippen LogP contribution in [-0.4, -0.2) is 47.4 Å². The molecule has 0 aliphatic rings. The van der Waals surface area contributed by atoms with Gasteiger partial charge >= 0.3 is 5.97 Å². The zero-order valence-electron chi connectivity index (χ0n) is 52.0. The molecular formula is C70H139NO5. The van der Waals surface area contributed by atoms with Crippen molar-refractivity contribution in [1.82, 2.24) is 5.32 Å². The largest absolute Gasteiger partial charge is 0.466 e. The molecule has 2 unspecified atom stereocenters. The Kier molecular flexibility index (Phi) is 65.4. The molecule has 6 heteroatoms. The summed E-state index contributed by atoms with van der Waals surface area (Å²) in [5.41, 5.74) is 0. The number of hydrogen-bond donors (Lipinski definition) is 3. The second-order valence-electron chi connectivity index (χ2n) is 24.6. The van der Waals surface area contributed by atoms with Crippen LogP contribution in [0.3, 0.4) is 0 Å². The van der Waals surface area contributed by atoms with Gasteiger partial charge in [-0.25, -0.2) is 0 Å². The van der Waals surface area contributed by atoms with Gasteiger partial charge in [-0.3, -0.25) is 9.59 Å². The highest BCUT2D eigenvalue weighted by atomic mass is 16.5. The highest BCUT2D eigenvalue weighted by molar-refractivity contribution is 5.76. The Bertz CT molecular complexity index is 1100. The lowest BCUT2D eigenvalue weighted by atomic mass is 10.0. The lowest BCUT2D eigenvalue weighted by Crippen LogP contribution is -2.45. The van der Waals surface area contributed by atoms with Crippen molar-refractivity contribution in [3.63, 3.8) is 0 Å². The van der Waals surface area contributed by atoms with Crippen LogP contribution in [0.5, 0.6) is 0 Å². The molecule has 0 aromatic carbocycles. The first-order valence-corrected chi connectivity index (χ1v) is 35.3. The van der Waals surface area contributed by atoms with Gasteiger partial charge in [0.1, 0.15) is 0 Å². The van der Waals surface area contributed by atoms with Gasteiger partial charge in [-0.1, -0.05) is 373 Å². The average Bonchev–Trinajstić information content (AvgIpc) is 3.42. The van der Waals surface area contributed by atoms with Crippen LogP contribution >= 0.6 is 0 Å². The maximum absolute atomic E-state index is 12.5. The fourth-order valence-corrected chi connectivity index (χ4v) is 11.5. The highest BCUT2D eigenvalue weighted by Crippen LogP contribution is 2.20. The summed E-state index contributed by atoms with van der Waals surface area (Å²) in [4.78, 5) is 24.6. The van der Waals surface area contributed by atoms with Gasteiger partial charge in [0, 0.05) is 12.8 Å². The molecule has 0 aliphatic carbocycles. The number of nitrogens with one attached hydrogen (secondary N) is 1. The summed E-state index contributed by atoms with van der Waals surface area (Å²) in [5, 5.41) is 23.4. The number of rotatable bonds is 67. The zero-order chi connectivity index (χ0) is 55.0. The van der Waals surface area contributed by atoms with E-state index in [9.17, 15) is 19.8 Å². The highest BCUT2D eigenvalue weighted by Gasteiger charge is 2.20. The minimum Gasteiger partial charge on any atom is -0.466 e. The maximum Gasteiger partial charge on any atom is 0.305 e. The van der Waals surface area contributed by atoms with E-state index in [4.69, 9.17) is 4.74 Å². The van der Waals surface area contributed by atoms with Crippen LogP contribution in [0.15, 0.2) is 0 Å². The number of ether oxygens (including phenoxy) is 1. The van der Waals surface area contributed by atoms with Crippen molar-refractivity contribution in [2.24, 2.45) is 0 Å². The van der Waals surface area contributed by atoms with Gasteiger partial charge in [0.25, 0.3) is 0 Å². The quantitative estimate of drug-likeness (QED) is 0.0417. The summed E-state index contributed by atoms with van der Waals surface area (Å²) < 4.78 is 5.49. The van der Waals surface area contributed by atoms with Gasteiger partial charge in [-0.05, 0) is 25.7 Å². The van der Waals surface area contributed by atoms with Gasteiger partial charge in [-0.15, -0.1) is 0 Å². The molecule has 1 amide bonds. The molecule has 0 heterocycles. The van der Waals surface area contributed by atoms with Crippen molar-refractivity contribution < 1.29 is 24.5 Å². The summed E-state index contributed by atoms with van der Waals surface area (Å²) in [5.74, 6) is -0.00730. The number of carbonyl (C=O) groups excluding carboxylic acids is 2. The topological polar surface area (TPSA) is 95.9 Å².